The molecule has 0 fully saturated rings. The molecule has 0 spiro atoms. The van der Waals surface area contributed by atoms with Crippen LogP contribution in [-0.4, -0.2) is 22.8 Å². The largest absolute Gasteiger partial charge is 0.412 e. The summed E-state index contributed by atoms with van der Waals surface area (Å²) in [4.78, 5) is 20.9. The third kappa shape index (κ3) is 1.60. The van der Waals surface area contributed by atoms with Gasteiger partial charge in [-0.2, -0.15) is 0 Å². The van der Waals surface area contributed by atoms with Gasteiger partial charge in [0.25, 0.3) is 0 Å². The molecule has 0 radical (unpaired) electrons. The van der Waals surface area contributed by atoms with Crippen molar-refractivity contribution in [3.8, 4) is 0 Å². The minimum absolute atomic E-state index is 0. The molecule has 0 saturated carbocycles. The summed E-state index contributed by atoms with van der Waals surface area (Å²) >= 11 is 0. The Labute approximate surface area is 57.4 Å². The second kappa shape index (κ2) is 3.03. The summed E-state index contributed by atoms with van der Waals surface area (Å²) in [6.07, 6.45) is 2.31. The molecule has 1 rings (SSSR count). The zero-order valence-corrected chi connectivity index (χ0v) is 5.18. The Kier molecular flexibility index (Phi) is 2.64. The van der Waals surface area contributed by atoms with Crippen LogP contribution < -0.4 is 0 Å². The summed E-state index contributed by atoms with van der Waals surface area (Å²) < 4.78 is 0. The van der Waals surface area contributed by atoms with Crippen molar-refractivity contribution in [1.82, 2.24) is 0 Å². The van der Waals surface area contributed by atoms with Gasteiger partial charge in [-0.1, -0.05) is 0 Å². The predicted octanol–water partition coefficient (Wildman–Crippen LogP) is -0.720. The molecule has 4 heteroatoms. The second-order valence-electron chi connectivity index (χ2n) is 1.82. The van der Waals surface area contributed by atoms with E-state index in [4.69, 9.17) is 5.41 Å². The molecule has 0 aromatic heterocycles. The first-order chi connectivity index (χ1) is 4.20. The van der Waals surface area contributed by atoms with Gasteiger partial charge in [0.2, 0.25) is 0 Å². The first kappa shape index (κ1) is 8.71. The molecule has 1 aliphatic rings. The first-order valence-electron chi connectivity index (χ1n) is 2.53. The van der Waals surface area contributed by atoms with E-state index in [0.29, 0.717) is 0 Å². The Hall–Kier alpha value is -1.29. The van der Waals surface area contributed by atoms with Crippen molar-refractivity contribution in [2.45, 2.75) is 6.42 Å². The number of allylic oxidation sites excluding steroid dienone is 2. The van der Waals surface area contributed by atoms with E-state index in [0.717, 1.165) is 6.08 Å². The fourth-order valence-electron chi connectivity index (χ4n) is 0.589. The number of carbonyl (C=O) groups is 2. The van der Waals surface area contributed by atoms with E-state index >= 15 is 0 Å². The average molecular weight is 141 g/mol. The maximum absolute atomic E-state index is 10.5. The average Bonchev–Trinajstić information content (AvgIpc) is 1.80. The van der Waals surface area contributed by atoms with Crippen LogP contribution >= 0.6 is 0 Å². The molecule has 0 aromatic carbocycles. The molecule has 0 unspecified atom stereocenters. The fourth-order valence-corrected chi connectivity index (χ4v) is 0.589. The Balaban J connectivity index is 0.000000810. The quantitative estimate of drug-likeness (QED) is 0.482. The van der Waals surface area contributed by atoms with Gasteiger partial charge in [0.05, 0.1) is 12.1 Å². The number of hydrogen-bond donors (Lipinski definition) is 1. The van der Waals surface area contributed by atoms with E-state index < -0.39 is 0 Å². The zero-order chi connectivity index (χ0) is 6.85. The highest BCUT2D eigenvalue weighted by molar-refractivity contribution is 6.48. The number of rotatable bonds is 0. The van der Waals surface area contributed by atoms with Gasteiger partial charge in [-0.25, -0.2) is 0 Å². The van der Waals surface area contributed by atoms with Crippen molar-refractivity contribution in [1.29, 1.82) is 5.41 Å². The topological polar surface area (TPSA) is 89.5 Å². The number of hydrogen-bond acceptors (Lipinski definition) is 3. The summed E-state index contributed by atoms with van der Waals surface area (Å²) in [5.74, 6) is -0.519. The van der Waals surface area contributed by atoms with Crippen LogP contribution in [0, 0.1) is 5.41 Å². The lowest BCUT2D eigenvalue weighted by Crippen LogP contribution is -2.18. The van der Waals surface area contributed by atoms with Gasteiger partial charge >= 0.3 is 0 Å². The zero-order valence-electron chi connectivity index (χ0n) is 5.18. The smallest absolute Gasteiger partial charge is 0.199 e. The third-order valence-electron chi connectivity index (χ3n) is 1.07. The van der Waals surface area contributed by atoms with Gasteiger partial charge in [0.15, 0.2) is 11.6 Å². The lowest BCUT2D eigenvalue weighted by atomic mass is 10.0. The van der Waals surface area contributed by atoms with Crippen molar-refractivity contribution in [2.24, 2.45) is 0 Å². The normalized spacial score (nSPS) is 17.0. The van der Waals surface area contributed by atoms with Crippen LogP contribution in [0.1, 0.15) is 6.42 Å². The number of nitrogens with one attached hydrogen (secondary N) is 1. The lowest BCUT2D eigenvalue weighted by Gasteiger charge is -1.99. The molecular weight excluding hydrogens is 134 g/mol. The molecule has 0 aliphatic heterocycles. The highest BCUT2D eigenvalue weighted by atomic mass is 16.1. The van der Waals surface area contributed by atoms with Gasteiger partial charge in [-0.15, -0.1) is 0 Å². The summed E-state index contributed by atoms with van der Waals surface area (Å²) in [6.45, 7) is 0. The number of ketones is 2. The molecule has 3 N–H and O–H groups in total. The van der Waals surface area contributed by atoms with E-state index in [-0.39, 0.29) is 29.2 Å². The van der Waals surface area contributed by atoms with Gasteiger partial charge < -0.3 is 10.9 Å². The maximum Gasteiger partial charge on any atom is 0.199 e. The van der Waals surface area contributed by atoms with Crippen LogP contribution in [0.15, 0.2) is 12.2 Å². The van der Waals surface area contributed by atoms with Gasteiger partial charge in [0.1, 0.15) is 0 Å². The first-order valence-corrected chi connectivity index (χ1v) is 2.53. The molecule has 54 valence electrons. The highest BCUT2D eigenvalue weighted by Crippen LogP contribution is 1.97. The van der Waals surface area contributed by atoms with Gasteiger partial charge in [-0.05, 0) is 12.2 Å². The van der Waals surface area contributed by atoms with Crippen LogP contribution in [0.2, 0.25) is 0 Å². The summed E-state index contributed by atoms with van der Waals surface area (Å²) in [6, 6.07) is 0. The van der Waals surface area contributed by atoms with Gasteiger partial charge in [0, 0.05) is 0 Å². The Morgan fingerprint density at radius 1 is 1.30 bits per heavy atom. The maximum atomic E-state index is 10.5. The Morgan fingerprint density at radius 2 is 1.90 bits per heavy atom. The molecule has 0 atom stereocenters. The number of carbonyl (C=O) groups excluding carboxylic acids is 2. The SMILES string of the molecule is N=C1CC(=O)C=CC1=O.O. The summed E-state index contributed by atoms with van der Waals surface area (Å²) in [5, 5.41) is 6.90. The minimum atomic E-state index is -0.352. The summed E-state index contributed by atoms with van der Waals surface area (Å²) in [7, 11) is 0. The van der Waals surface area contributed by atoms with Crippen molar-refractivity contribution >= 4 is 17.3 Å². The Bertz CT molecular complexity index is 217. The molecule has 0 saturated heterocycles. The van der Waals surface area contributed by atoms with Crippen molar-refractivity contribution < 1.29 is 15.1 Å². The second-order valence-corrected chi connectivity index (χ2v) is 1.82. The third-order valence-corrected chi connectivity index (χ3v) is 1.07. The lowest BCUT2D eigenvalue weighted by molar-refractivity contribution is -0.116. The van der Waals surface area contributed by atoms with Crippen molar-refractivity contribution in [3.63, 3.8) is 0 Å². The van der Waals surface area contributed by atoms with E-state index in [1.54, 1.807) is 0 Å². The summed E-state index contributed by atoms with van der Waals surface area (Å²) in [5.41, 5.74) is -0.109. The molecule has 0 amide bonds. The molecule has 0 heterocycles. The van der Waals surface area contributed by atoms with Crippen LogP contribution in [0.5, 0.6) is 0 Å². The molecule has 0 bridgehead atoms. The van der Waals surface area contributed by atoms with Crippen LogP contribution in [0.4, 0.5) is 0 Å². The highest BCUT2D eigenvalue weighted by Gasteiger charge is 2.14. The van der Waals surface area contributed by atoms with Crippen LogP contribution in [0.3, 0.4) is 0 Å². The molecular formula is C6H7NO3. The predicted molar refractivity (Wildman–Crippen MR) is 35.1 cm³/mol. The van der Waals surface area contributed by atoms with Crippen LogP contribution in [0.25, 0.3) is 0 Å². The van der Waals surface area contributed by atoms with Gasteiger partial charge in [-0.3, -0.25) is 9.59 Å². The van der Waals surface area contributed by atoms with Crippen molar-refractivity contribution in [3.05, 3.63) is 12.2 Å². The van der Waals surface area contributed by atoms with Crippen LogP contribution in [-0.2, 0) is 9.59 Å². The fraction of sp³-hybridized carbons (Fsp3) is 0.167. The molecule has 4 nitrogen and oxygen atoms in total. The van der Waals surface area contributed by atoms with E-state index in [9.17, 15) is 9.59 Å². The monoisotopic (exact) mass is 141 g/mol. The molecule has 10 heavy (non-hydrogen) atoms. The van der Waals surface area contributed by atoms with E-state index in [1.807, 2.05) is 0 Å². The molecule has 1 aliphatic carbocycles. The van der Waals surface area contributed by atoms with Crippen molar-refractivity contribution in [2.75, 3.05) is 0 Å². The minimum Gasteiger partial charge on any atom is -0.412 e. The van der Waals surface area contributed by atoms with E-state index in [2.05, 4.69) is 0 Å². The van der Waals surface area contributed by atoms with E-state index in [1.165, 1.54) is 6.08 Å². The Morgan fingerprint density at radius 3 is 2.30 bits per heavy atom. The standard InChI is InChI=1S/C6H5NO2.H2O/c7-5-3-4(8)1-2-6(5)9;/h1-2,7H,3H2;1H2. The molecule has 0 aromatic rings.